The van der Waals surface area contributed by atoms with Crippen LogP contribution in [0.2, 0.25) is 0 Å². The smallest absolute Gasteiger partial charge is 0.283 e. The molecule has 0 aliphatic heterocycles. The summed E-state index contributed by atoms with van der Waals surface area (Å²) in [6.45, 7) is 7.98. The lowest BCUT2D eigenvalue weighted by molar-refractivity contribution is 0.0870. The quantitative estimate of drug-likeness (QED) is 0.744. The molecule has 5 nitrogen and oxygen atoms in total. The molecule has 0 spiro atoms. The first-order valence-corrected chi connectivity index (χ1v) is 7.46. The molecule has 108 valence electrons. The Balaban J connectivity index is 2.61. The third-order valence-electron chi connectivity index (χ3n) is 2.58. The summed E-state index contributed by atoms with van der Waals surface area (Å²) in [6.07, 6.45) is 3.88. The van der Waals surface area contributed by atoms with Gasteiger partial charge in [-0.25, -0.2) is 4.68 Å². The van der Waals surface area contributed by atoms with Crippen LogP contribution < -0.4 is 10.9 Å². The van der Waals surface area contributed by atoms with Crippen molar-refractivity contribution < 1.29 is 4.74 Å². The lowest BCUT2D eigenvalue weighted by Crippen LogP contribution is -2.25. The standard InChI is InChI=1S/C13H22BrN3O2/c1-4-5-7-17-13(18)12(14)11(9-16-17)15-6-8-19-10(2)3/h9-10,15H,4-8H2,1-3H3. The van der Waals surface area contributed by atoms with Crippen molar-refractivity contribution in [2.75, 3.05) is 18.5 Å². The van der Waals surface area contributed by atoms with Crippen molar-refractivity contribution >= 4 is 21.6 Å². The number of hydrogen-bond acceptors (Lipinski definition) is 4. The van der Waals surface area contributed by atoms with E-state index in [9.17, 15) is 4.79 Å². The minimum Gasteiger partial charge on any atom is -0.380 e. The Morgan fingerprint density at radius 1 is 1.53 bits per heavy atom. The van der Waals surface area contributed by atoms with Crippen LogP contribution in [0.5, 0.6) is 0 Å². The van der Waals surface area contributed by atoms with Crippen molar-refractivity contribution in [3.8, 4) is 0 Å². The van der Waals surface area contributed by atoms with Crippen LogP contribution >= 0.6 is 15.9 Å². The number of ether oxygens (including phenoxy) is 1. The summed E-state index contributed by atoms with van der Waals surface area (Å²) in [5.74, 6) is 0. The number of aryl methyl sites for hydroxylation is 1. The van der Waals surface area contributed by atoms with Gasteiger partial charge in [0.25, 0.3) is 5.56 Å². The molecule has 0 saturated carbocycles. The van der Waals surface area contributed by atoms with Crippen molar-refractivity contribution in [1.82, 2.24) is 9.78 Å². The molecule has 19 heavy (non-hydrogen) atoms. The Kier molecular flexibility index (Phi) is 7.09. The number of rotatable bonds is 8. The van der Waals surface area contributed by atoms with Gasteiger partial charge in [0.2, 0.25) is 0 Å². The molecule has 0 aliphatic carbocycles. The van der Waals surface area contributed by atoms with Crippen molar-refractivity contribution in [2.45, 2.75) is 46.3 Å². The molecule has 0 aliphatic rings. The highest BCUT2D eigenvalue weighted by atomic mass is 79.9. The van der Waals surface area contributed by atoms with Crippen molar-refractivity contribution in [2.24, 2.45) is 0 Å². The van der Waals surface area contributed by atoms with Gasteiger partial charge in [0.1, 0.15) is 4.47 Å². The number of aromatic nitrogens is 2. The van der Waals surface area contributed by atoms with Crippen LogP contribution in [0.4, 0.5) is 5.69 Å². The number of hydrogen-bond donors (Lipinski definition) is 1. The second-order valence-corrected chi connectivity index (χ2v) is 5.39. The number of nitrogens with zero attached hydrogens (tertiary/aromatic N) is 2. The predicted molar refractivity (Wildman–Crippen MR) is 80.7 cm³/mol. The van der Waals surface area contributed by atoms with Gasteiger partial charge in [-0.15, -0.1) is 0 Å². The minimum absolute atomic E-state index is 0.0942. The van der Waals surface area contributed by atoms with E-state index in [0.29, 0.717) is 29.9 Å². The van der Waals surface area contributed by atoms with Gasteiger partial charge in [0.15, 0.2) is 0 Å². The van der Waals surface area contributed by atoms with E-state index in [2.05, 4.69) is 33.3 Å². The average Bonchev–Trinajstić information content (AvgIpc) is 2.38. The van der Waals surface area contributed by atoms with Crippen LogP contribution in [-0.2, 0) is 11.3 Å². The minimum atomic E-state index is -0.0942. The summed E-state index contributed by atoms with van der Waals surface area (Å²) in [5.41, 5.74) is 0.619. The van der Waals surface area contributed by atoms with Crippen LogP contribution in [-0.4, -0.2) is 29.0 Å². The van der Waals surface area contributed by atoms with Crippen molar-refractivity contribution in [3.63, 3.8) is 0 Å². The Bertz CT molecular complexity index is 446. The topological polar surface area (TPSA) is 56.1 Å². The molecule has 0 bridgehead atoms. The summed E-state index contributed by atoms with van der Waals surface area (Å²) < 4.78 is 7.45. The normalized spacial score (nSPS) is 11.0. The van der Waals surface area contributed by atoms with E-state index in [-0.39, 0.29) is 11.7 Å². The van der Waals surface area contributed by atoms with E-state index in [1.165, 1.54) is 4.68 Å². The van der Waals surface area contributed by atoms with Gasteiger partial charge in [0, 0.05) is 13.1 Å². The van der Waals surface area contributed by atoms with Gasteiger partial charge in [-0.05, 0) is 36.2 Å². The molecule has 0 saturated heterocycles. The van der Waals surface area contributed by atoms with Crippen LogP contribution in [0.15, 0.2) is 15.5 Å². The molecule has 1 rings (SSSR count). The summed E-state index contributed by atoms with van der Waals surface area (Å²) in [4.78, 5) is 12.0. The Morgan fingerprint density at radius 3 is 2.89 bits per heavy atom. The third kappa shape index (κ3) is 5.32. The fourth-order valence-corrected chi connectivity index (χ4v) is 1.98. The average molecular weight is 332 g/mol. The molecule has 6 heteroatoms. The molecule has 0 atom stereocenters. The highest BCUT2D eigenvalue weighted by Gasteiger charge is 2.08. The highest BCUT2D eigenvalue weighted by molar-refractivity contribution is 9.10. The van der Waals surface area contributed by atoms with Crippen molar-refractivity contribution in [3.05, 3.63) is 21.0 Å². The maximum Gasteiger partial charge on any atom is 0.283 e. The summed E-state index contributed by atoms with van der Waals surface area (Å²) in [5, 5.41) is 7.31. The van der Waals surface area contributed by atoms with E-state index in [1.807, 2.05) is 13.8 Å². The largest absolute Gasteiger partial charge is 0.380 e. The number of halogens is 1. The molecule has 0 unspecified atom stereocenters. The van der Waals surface area contributed by atoms with Gasteiger partial charge in [-0.3, -0.25) is 4.79 Å². The van der Waals surface area contributed by atoms with Crippen LogP contribution in [0.1, 0.15) is 33.6 Å². The zero-order valence-electron chi connectivity index (χ0n) is 11.8. The van der Waals surface area contributed by atoms with Gasteiger partial charge in [-0.1, -0.05) is 13.3 Å². The van der Waals surface area contributed by atoms with E-state index in [0.717, 1.165) is 12.8 Å². The number of nitrogens with one attached hydrogen (secondary N) is 1. The zero-order valence-corrected chi connectivity index (χ0v) is 13.4. The van der Waals surface area contributed by atoms with E-state index in [4.69, 9.17) is 4.74 Å². The highest BCUT2D eigenvalue weighted by Crippen LogP contribution is 2.15. The molecular formula is C13H22BrN3O2. The molecule has 1 heterocycles. The van der Waals surface area contributed by atoms with Crippen molar-refractivity contribution in [1.29, 1.82) is 0 Å². The van der Waals surface area contributed by atoms with Gasteiger partial charge in [0.05, 0.1) is 24.6 Å². The predicted octanol–water partition coefficient (Wildman–Crippen LogP) is 2.64. The Labute approximate surface area is 122 Å². The molecule has 1 aromatic heterocycles. The molecule has 1 N–H and O–H groups in total. The van der Waals surface area contributed by atoms with Gasteiger partial charge in [-0.2, -0.15) is 5.10 Å². The summed E-state index contributed by atoms with van der Waals surface area (Å²) in [7, 11) is 0. The van der Waals surface area contributed by atoms with E-state index in [1.54, 1.807) is 6.20 Å². The Morgan fingerprint density at radius 2 is 2.26 bits per heavy atom. The van der Waals surface area contributed by atoms with Crippen LogP contribution in [0.25, 0.3) is 0 Å². The fourth-order valence-electron chi connectivity index (χ4n) is 1.54. The first-order valence-electron chi connectivity index (χ1n) is 6.67. The third-order valence-corrected chi connectivity index (χ3v) is 3.34. The molecule has 1 aromatic rings. The van der Waals surface area contributed by atoms with Crippen LogP contribution in [0, 0.1) is 0 Å². The lowest BCUT2D eigenvalue weighted by Gasteiger charge is -2.11. The summed E-state index contributed by atoms with van der Waals surface area (Å²) >= 11 is 3.33. The maximum atomic E-state index is 12.0. The maximum absolute atomic E-state index is 12.0. The second kappa shape index (κ2) is 8.32. The molecule has 0 fully saturated rings. The monoisotopic (exact) mass is 331 g/mol. The number of anilines is 1. The van der Waals surface area contributed by atoms with Gasteiger partial charge < -0.3 is 10.1 Å². The number of unbranched alkanes of at least 4 members (excludes halogenated alkanes) is 1. The van der Waals surface area contributed by atoms with E-state index >= 15 is 0 Å². The SMILES string of the molecule is CCCCn1ncc(NCCOC(C)C)c(Br)c1=O. The summed E-state index contributed by atoms with van der Waals surface area (Å²) in [6, 6.07) is 0. The molecule has 0 radical (unpaired) electrons. The molecule has 0 amide bonds. The fraction of sp³-hybridized carbons (Fsp3) is 0.692. The lowest BCUT2D eigenvalue weighted by atomic mass is 10.3. The van der Waals surface area contributed by atoms with E-state index < -0.39 is 0 Å². The second-order valence-electron chi connectivity index (χ2n) is 4.60. The Hall–Kier alpha value is -0.880. The zero-order chi connectivity index (χ0) is 14.3. The first-order chi connectivity index (χ1) is 9.06. The molecular weight excluding hydrogens is 310 g/mol. The molecule has 0 aromatic carbocycles. The van der Waals surface area contributed by atoms with Gasteiger partial charge >= 0.3 is 0 Å². The van der Waals surface area contributed by atoms with Crippen LogP contribution in [0.3, 0.4) is 0 Å². The first kappa shape index (κ1) is 16.2.